The summed E-state index contributed by atoms with van der Waals surface area (Å²) in [5.41, 5.74) is 6.92. The van der Waals surface area contributed by atoms with Crippen molar-refractivity contribution in [3.8, 4) is 0 Å². The van der Waals surface area contributed by atoms with Crippen molar-refractivity contribution in [1.82, 2.24) is 5.32 Å². The smallest absolute Gasteiger partial charge is 0.0280 e. The van der Waals surface area contributed by atoms with Gasteiger partial charge < -0.3 is 11.1 Å². The molecule has 13 heavy (non-hydrogen) atoms. The lowest BCUT2D eigenvalue weighted by molar-refractivity contribution is 0.390. The van der Waals surface area contributed by atoms with Crippen molar-refractivity contribution in [3.05, 3.63) is 0 Å². The highest BCUT2D eigenvalue weighted by Gasteiger charge is 2.46. The first-order chi connectivity index (χ1) is 6.02. The standard InChI is InChI=1S/C11H22N2/c1-10(2)7-9(10)13-8-11(12)5-3-4-6-11/h9,13H,3-8,12H2,1-2H3. The van der Waals surface area contributed by atoms with E-state index in [9.17, 15) is 0 Å². The predicted octanol–water partition coefficient (Wildman–Crippen LogP) is 1.65. The van der Waals surface area contributed by atoms with Crippen LogP contribution in [0.2, 0.25) is 0 Å². The maximum atomic E-state index is 6.26. The normalized spacial score (nSPS) is 34.8. The summed E-state index contributed by atoms with van der Waals surface area (Å²) in [5.74, 6) is 0. The van der Waals surface area contributed by atoms with Crippen molar-refractivity contribution < 1.29 is 0 Å². The highest BCUT2D eigenvalue weighted by molar-refractivity contribution is 5.03. The molecule has 0 heterocycles. The Hall–Kier alpha value is -0.0800. The molecule has 2 fully saturated rings. The average Bonchev–Trinajstić information content (AvgIpc) is 2.43. The van der Waals surface area contributed by atoms with Gasteiger partial charge in [0.05, 0.1) is 0 Å². The van der Waals surface area contributed by atoms with Crippen molar-refractivity contribution in [2.45, 2.75) is 57.5 Å². The lowest BCUT2D eigenvalue weighted by Crippen LogP contribution is -2.47. The van der Waals surface area contributed by atoms with Crippen LogP contribution in [0, 0.1) is 5.41 Å². The molecule has 2 rings (SSSR count). The maximum Gasteiger partial charge on any atom is 0.0280 e. The van der Waals surface area contributed by atoms with Gasteiger partial charge in [0.1, 0.15) is 0 Å². The van der Waals surface area contributed by atoms with E-state index in [2.05, 4.69) is 19.2 Å². The molecule has 0 saturated heterocycles. The Morgan fingerprint density at radius 3 is 2.31 bits per heavy atom. The van der Waals surface area contributed by atoms with E-state index >= 15 is 0 Å². The van der Waals surface area contributed by atoms with E-state index in [1.54, 1.807) is 0 Å². The molecular formula is C11H22N2. The van der Waals surface area contributed by atoms with Gasteiger partial charge in [-0.2, -0.15) is 0 Å². The topological polar surface area (TPSA) is 38.0 Å². The fraction of sp³-hybridized carbons (Fsp3) is 1.00. The molecule has 2 aliphatic carbocycles. The molecule has 0 aromatic rings. The van der Waals surface area contributed by atoms with Gasteiger partial charge in [0.25, 0.3) is 0 Å². The second-order valence-corrected chi connectivity index (χ2v) is 5.70. The molecule has 1 unspecified atom stereocenters. The minimum Gasteiger partial charge on any atom is -0.324 e. The number of hydrogen-bond acceptors (Lipinski definition) is 2. The molecular weight excluding hydrogens is 160 g/mol. The second kappa shape index (κ2) is 2.96. The summed E-state index contributed by atoms with van der Waals surface area (Å²) in [7, 11) is 0. The number of rotatable bonds is 3. The van der Waals surface area contributed by atoms with Crippen LogP contribution in [0.4, 0.5) is 0 Å². The van der Waals surface area contributed by atoms with Gasteiger partial charge in [0.2, 0.25) is 0 Å². The summed E-state index contributed by atoms with van der Waals surface area (Å²) in [4.78, 5) is 0. The van der Waals surface area contributed by atoms with Crippen LogP contribution >= 0.6 is 0 Å². The molecule has 2 saturated carbocycles. The van der Waals surface area contributed by atoms with Crippen LogP contribution in [0.5, 0.6) is 0 Å². The third-order valence-corrected chi connectivity index (χ3v) is 3.81. The van der Waals surface area contributed by atoms with Crippen LogP contribution in [-0.4, -0.2) is 18.1 Å². The van der Waals surface area contributed by atoms with Gasteiger partial charge in [0.15, 0.2) is 0 Å². The lowest BCUT2D eigenvalue weighted by Gasteiger charge is -2.24. The zero-order valence-corrected chi connectivity index (χ0v) is 8.90. The minimum absolute atomic E-state index is 0.124. The average molecular weight is 182 g/mol. The van der Waals surface area contributed by atoms with E-state index in [4.69, 9.17) is 5.73 Å². The van der Waals surface area contributed by atoms with Crippen molar-refractivity contribution in [3.63, 3.8) is 0 Å². The Labute approximate surface area is 81.3 Å². The Bertz CT molecular complexity index is 192. The predicted molar refractivity (Wildman–Crippen MR) is 55.6 cm³/mol. The third kappa shape index (κ3) is 2.05. The molecule has 0 bridgehead atoms. The van der Waals surface area contributed by atoms with E-state index in [1.807, 2.05) is 0 Å². The van der Waals surface area contributed by atoms with E-state index in [1.165, 1.54) is 32.1 Å². The summed E-state index contributed by atoms with van der Waals surface area (Å²) in [6, 6.07) is 0.730. The van der Waals surface area contributed by atoms with E-state index in [0.717, 1.165) is 12.6 Å². The largest absolute Gasteiger partial charge is 0.324 e. The number of nitrogens with one attached hydrogen (secondary N) is 1. The highest BCUT2D eigenvalue weighted by Crippen LogP contribution is 2.44. The molecule has 0 aliphatic heterocycles. The first-order valence-corrected chi connectivity index (χ1v) is 5.54. The molecule has 0 spiro atoms. The van der Waals surface area contributed by atoms with E-state index in [0.29, 0.717) is 5.41 Å². The van der Waals surface area contributed by atoms with Gasteiger partial charge in [-0.05, 0) is 24.7 Å². The number of hydrogen-bond donors (Lipinski definition) is 2. The van der Waals surface area contributed by atoms with Gasteiger partial charge in [-0.1, -0.05) is 26.7 Å². The molecule has 1 atom stereocenters. The van der Waals surface area contributed by atoms with Crippen molar-refractivity contribution in [1.29, 1.82) is 0 Å². The van der Waals surface area contributed by atoms with Crippen LogP contribution in [0.25, 0.3) is 0 Å². The summed E-state index contributed by atoms with van der Waals surface area (Å²) in [6.07, 6.45) is 6.40. The summed E-state index contributed by atoms with van der Waals surface area (Å²) < 4.78 is 0. The molecule has 0 aromatic heterocycles. The summed E-state index contributed by atoms with van der Waals surface area (Å²) in [6.45, 7) is 5.67. The summed E-state index contributed by atoms with van der Waals surface area (Å²) in [5, 5.41) is 3.60. The van der Waals surface area contributed by atoms with Crippen LogP contribution in [-0.2, 0) is 0 Å². The first-order valence-electron chi connectivity index (χ1n) is 5.54. The van der Waals surface area contributed by atoms with Crippen LogP contribution in [0.15, 0.2) is 0 Å². The van der Waals surface area contributed by atoms with E-state index < -0.39 is 0 Å². The quantitative estimate of drug-likeness (QED) is 0.696. The molecule has 0 radical (unpaired) electrons. The first kappa shape index (κ1) is 9.47. The highest BCUT2D eigenvalue weighted by atomic mass is 15.0. The van der Waals surface area contributed by atoms with Gasteiger partial charge in [-0.3, -0.25) is 0 Å². The lowest BCUT2D eigenvalue weighted by atomic mass is 9.99. The Morgan fingerprint density at radius 2 is 1.85 bits per heavy atom. The molecule has 0 aromatic carbocycles. The van der Waals surface area contributed by atoms with Crippen LogP contribution < -0.4 is 11.1 Å². The second-order valence-electron chi connectivity index (χ2n) is 5.70. The van der Waals surface area contributed by atoms with Gasteiger partial charge in [-0.15, -0.1) is 0 Å². The Kier molecular flexibility index (Phi) is 2.16. The molecule has 2 aliphatic rings. The van der Waals surface area contributed by atoms with Crippen molar-refractivity contribution in [2.75, 3.05) is 6.54 Å². The monoisotopic (exact) mass is 182 g/mol. The van der Waals surface area contributed by atoms with Gasteiger partial charge >= 0.3 is 0 Å². The summed E-state index contributed by atoms with van der Waals surface area (Å²) >= 11 is 0. The fourth-order valence-electron chi connectivity index (χ4n) is 2.40. The van der Waals surface area contributed by atoms with Crippen LogP contribution in [0.3, 0.4) is 0 Å². The maximum absolute atomic E-state index is 6.26. The molecule has 2 heteroatoms. The third-order valence-electron chi connectivity index (χ3n) is 3.81. The Balaban J connectivity index is 1.74. The van der Waals surface area contributed by atoms with Gasteiger partial charge in [0, 0.05) is 18.1 Å². The van der Waals surface area contributed by atoms with Gasteiger partial charge in [-0.25, -0.2) is 0 Å². The minimum atomic E-state index is 0.124. The molecule has 3 N–H and O–H groups in total. The SMILES string of the molecule is CC1(C)CC1NCC1(N)CCCC1. The molecule has 76 valence electrons. The van der Waals surface area contributed by atoms with E-state index in [-0.39, 0.29) is 5.54 Å². The van der Waals surface area contributed by atoms with Crippen molar-refractivity contribution in [2.24, 2.45) is 11.1 Å². The molecule has 0 amide bonds. The zero-order chi connectivity index (χ0) is 9.53. The van der Waals surface area contributed by atoms with Crippen molar-refractivity contribution >= 4 is 0 Å². The number of nitrogens with two attached hydrogens (primary N) is 1. The molecule has 2 nitrogen and oxygen atoms in total. The zero-order valence-electron chi connectivity index (χ0n) is 8.90. The fourth-order valence-corrected chi connectivity index (χ4v) is 2.40. The van der Waals surface area contributed by atoms with Crippen LogP contribution in [0.1, 0.15) is 46.0 Å². The Morgan fingerprint density at radius 1 is 1.31 bits per heavy atom.